The molecule has 184 valence electrons. The molecule has 3 fully saturated rings. The smallest absolute Gasteiger partial charge is 0.328 e. The van der Waals surface area contributed by atoms with Crippen LogP contribution in [0.5, 0.6) is 17.2 Å². The second-order valence-electron chi connectivity index (χ2n) is 7.58. The molecule has 12 nitrogen and oxygen atoms in total. The minimum atomic E-state index is -1.26. The van der Waals surface area contributed by atoms with Gasteiger partial charge >= 0.3 is 18.0 Å². The molecule has 0 unspecified atom stereocenters. The van der Waals surface area contributed by atoms with Crippen molar-refractivity contribution in [1.29, 1.82) is 0 Å². The molecule has 0 saturated carbocycles. The van der Waals surface area contributed by atoms with Crippen LogP contribution < -0.4 is 19.1 Å². The zero-order valence-electron chi connectivity index (χ0n) is 19.3. The summed E-state index contributed by atoms with van der Waals surface area (Å²) in [6.45, 7) is 4.25. The summed E-state index contributed by atoms with van der Waals surface area (Å²) in [7, 11) is 4.75. The molecule has 2 N–H and O–H groups in total. The molecule has 0 aliphatic carbocycles. The Kier molecular flexibility index (Phi) is 8.30. The lowest BCUT2D eigenvalue weighted by atomic mass is 10.1. The van der Waals surface area contributed by atoms with Crippen molar-refractivity contribution in [2.45, 2.75) is 18.9 Å². The number of aromatic nitrogens is 2. The van der Waals surface area contributed by atoms with Gasteiger partial charge in [0.1, 0.15) is 0 Å². The largest absolute Gasteiger partial charge is 0.493 e. The van der Waals surface area contributed by atoms with E-state index in [0.717, 1.165) is 44.6 Å². The lowest BCUT2D eigenvalue weighted by Gasteiger charge is -2.29. The van der Waals surface area contributed by atoms with Crippen LogP contribution >= 0.6 is 0 Å². The SMILES string of the molecule is COc1cc(-c2nnc(N3CCN4CCC3CC4)o2)cc(OC)c1OC.O=C(O)/C=C/C(=O)O. The number of hydrogen-bond donors (Lipinski definition) is 2. The van der Waals surface area contributed by atoms with E-state index in [2.05, 4.69) is 20.0 Å². The van der Waals surface area contributed by atoms with Gasteiger partial charge in [0.15, 0.2) is 11.5 Å². The molecule has 0 spiro atoms. The van der Waals surface area contributed by atoms with E-state index >= 15 is 0 Å². The molecule has 2 aromatic rings. The average molecular weight is 476 g/mol. The minimum absolute atomic E-state index is 0.443. The zero-order valence-corrected chi connectivity index (χ0v) is 19.3. The topological polar surface area (TPSA) is 148 Å². The lowest BCUT2D eigenvalue weighted by molar-refractivity contribution is -0.134. The maximum atomic E-state index is 9.55. The van der Waals surface area contributed by atoms with Crippen LogP contribution in [-0.4, -0.2) is 90.8 Å². The number of ether oxygens (including phenoxy) is 3. The van der Waals surface area contributed by atoms with Gasteiger partial charge in [0, 0.05) is 49.9 Å². The van der Waals surface area contributed by atoms with Crippen LogP contribution in [0, 0.1) is 0 Å². The van der Waals surface area contributed by atoms with Crippen molar-refractivity contribution in [3.05, 3.63) is 24.3 Å². The number of nitrogens with zero attached hydrogens (tertiary/aromatic N) is 4. The summed E-state index contributed by atoms with van der Waals surface area (Å²) in [4.78, 5) is 23.9. The quantitative estimate of drug-likeness (QED) is 0.561. The van der Waals surface area contributed by atoms with E-state index in [9.17, 15) is 9.59 Å². The summed E-state index contributed by atoms with van der Waals surface area (Å²) >= 11 is 0. The highest BCUT2D eigenvalue weighted by atomic mass is 16.5. The van der Waals surface area contributed by atoms with E-state index in [1.54, 1.807) is 21.3 Å². The first-order chi connectivity index (χ1) is 16.4. The number of hydrogen-bond acceptors (Lipinski definition) is 10. The summed E-state index contributed by atoms with van der Waals surface area (Å²) in [5.41, 5.74) is 0.737. The van der Waals surface area contributed by atoms with Gasteiger partial charge < -0.3 is 38.6 Å². The zero-order chi connectivity index (χ0) is 24.7. The van der Waals surface area contributed by atoms with Gasteiger partial charge in [-0.3, -0.25) is 0 Å². The highest BCUT2D eigenvalue weighted by molar-refractivity contribution is 5.89. The standard InChI is InChI=1S/C18H24N4O4.C4H4O4/c1-23-14-10-12(11-15(24-2)16(14)25-3)17-19-20-18(26-17)22-9-8-21-6-4-13(22)5-7-21;5-3(6)1-2-4(7)8/h10-11,13H,4-9H2,1-3H3;1-2H,(H,5,6)(H,7,8)/b;2-1+. The molecular formula is C22H28N4O8. The van der Waals surface area contributed by atoms with Crippen molar-refractivity contribution in [1.82, 2.24) is 15.1 Å². The Morgan fingerprint density at radius 3 is 2.03 bits per heavy atom. The highest BCUT2D eigenvalue weighted by Gasteiger charge is 2.32. The molecule has 1 aromatic carbocycles. The van der Waals surface area contributed by atoms with E-state index in [-0.39, 0.29) is 0 Å². The van der Waals surface area contributed by atoms with Gasteiger partial charge in [-0.2, -0.15) is 0 Å². The number of carboxylic acids is 2. The maximum absolute atomic E-state index is 9.55. The number of carboxylic acid groups (broad SMARTS) is 2. The number of fused-ring (bicyclic) bond motifs is 4. The average Bonchev–Trinajstić information content (AvgIpc) is 3.14. The van der Waals surface area contributed by atoms with Crippen LogP contribution in [0.2, 0.25) is 0 Å². The fourth-order valence-corrected chi connectivity index (χ4v) is 3.93. The first kappa shape index (κ1) is 24.8. The Morgan fingerprint density at radius 2 is 1.53 bits per heavy atom. The maximum Gasteiger partial charge on any atom is 0.328 e. The van der Waals surface area contributed by atoms with Crippen molar-refractivity contribution >= 4 is 18.0 Å². The molecule has 34 heavy (non-hydrogen) atoms. The molecule has 3 aliphatic rings. The molecule has 5 rings (SSSR count). The van der Waals surface area contributed by atoms with Gasteiger partial charge in [-0.1, -0.05) is 5.10 Å². The Hall–Kier alpha value is -3.80. The predicted octanol–water partition coefficient (Wildman–Crippen LogP) is 1.76. The van der Waals surface area contributed by atoms with Crippen molar-refractivity contribution < 1.29 is 38.4 Å². The Morgan fingerprint density at radius 1 is 0.941 bits per heavy atom. The predicted molar refractivity (Wildman–Crippen MR) is 121 cm³/mol. The lowest BCUT2D eigenvalue weighted by Crippen LogP contribution is -2.38. The number of aliphatic carboxylic acids is 2. The van der Waals surface area contributed by atoms with Crippen LogP contribution in [0.15, 0.2) is 28.7 Å². The number of methoxy groups -OCH3 is 3. The fraction of sp³-hybridized carbons (Fsp3) is 0.455. The molecular weight excluding hydrogens is 448 g/mol. The molecule has 0 radical (unpaired) electrons. The first-order valence-electron chi connectivity index (χ1n) is 10.6. The highest BCUT2D eigenvalue weighted by Crippen LogP contribution is 2.41. The number of rotatable bonds is 7. The van der Waals surface area contributed by atoms with Crippen LogP contribution in [-0.2, 0) is 9.59 Å². The molecule has 4 heterocycles. The van der Waals surface area contributed by atoms with Crippen LogP contribution in [0.3, 0.4) is 0 Å². The first-order valence-corrected chi connectivity index (χ1v) is 10.6. The summed E-state index contributed by atoms with van der Waals surface area (Å²) in [6.07, 6.45) is 3.40. The molecule has 0 atom stereocenters. The molecule has 1 aromatic heterocycles. The molecule has 2 bridgehead atoms. The summed E-state index contributed by atoms with van der Waals surface area (Å²) in [6, 6.07) is 4.70. The van der Waals surface area contributed by atoms with Gasteiger partial charge in [-0.15, -0.1) is 5.10 Å². The summed E-state index contributed by atoms with van der Waals surface area (Å²) in [5.74, 6) is -0.416. The monoisotopic (exact) mass is 476 g/mol. The summed E-state index contributed by atoms with van der Waals surface area (Å²) in [5, 5.41) is 24.2. The Labute approximate surface area is 196 Å². The van der Waals surface area contributed by atoms with Gasteiger partial charge in [-0.05, 0) is 25.0 Å². The Bertz CT molecular complexity index is 989. The van der Waals surface area contributed by atoms with Crippen LogP contribution in [0.25, 0.3) is 11.5 Å². The molecule has 12 heteroatoms. The van der Waals surface area contributed by atoms with E-state index in [4.69, 9.17) is 28.8 Å². The number of carbonyl (C=O) groups is 2. The van der Waals surface area contributed by atoms with E-state index < -0.39 is 11.9 Å². The van der Waals surface area contributed by atoms with Crippen molar-refractivity contribution in [3.63, 3.8) is 0 Å². The van der Waals surface area contributed by atoms with Crippen molar-refractivity contribution in [2.75, 3.05) is 52.4 Å². The Balaban J connectivity index is 0.000000350. The van der Waals surface area contributed by atoms with E-state index in [1.165, 1.54) is 0 Å². The van der Waals surface area contributed by atoms with E-state index in [1.807, 2.05) is 12.1 Å². The number of benzene rings is 1. The third-order valence-electron chi connectivity index (χ3n) is 5.60. The third kappa shape index (κ3) is 5.95. The third-order valence-corrected chi connectivity index (χ3v) is 5.60. The minimum Gasteiger partial charge on any atom is -0.493 e. The van der Waals surface area contributed by atoms with Crippen LogP contribution in [0.4, 0.5) is 6.01 Å². The van der Waals surface area contributed by atoms with E-state index in [0.29, 0.717) is 47.3 Å². The number of anilines is 1. The number of piperidine rings is 1. The molecule has 0 amide bonds. The fourth-order valence-electron chi connectivity index (χ4n) is 3.93. The summed E-state index contributed by atoms with van der Waals surface area (Å²) < 4.78 is 22.2. The van der Waals surface area contributed by atoms with Crippen LogP contribution in [0.1, 0.15) is 12.8 Å². The second-order valence-corrected chi connectivity index (χ2v) is 7.58. The van der Waals surface area contributed by atoms with Gasteiger partial charge in [-0.25, -0.2) is 9.59 Å². The van der Waals surface area contributed by atoms with Gasteiger partial charge in [0.25, 0.3) is 0 Å². The molecule has 3 aliphatic heterocycles. The van der Waals surface area contributed by atoms with Gasteiger partial charge in [0.05, 0.1) is 21.3 Å². The van der Waals surface area contributed by atoms with Gasteiger partial charge in [0.2, 0.25) is 11.6 Å². The van der Waals surface area contributed by atoms with Crippen molar-refractivity contribution in [3.8, 4) is 28.7 Å². The normalized spacial score (nSPS) is 19.2. The van der Waals surface area contributed by atoms with Crippen molar-refractivity contribution in [2.24, 2.45) is 0 Å². The molecule has 3 saturated heterocycles. The second kappa shape index (κ2) is 11.4.